The number of halogens is 1. The molecule has 0 aliphatic heterocycles. The van der Waals surface area contributed by atoms with E-state index >= 15 is 0 Å². The standard InChI is InChI=1S/C15H15ClO2/c1-17-10-12-9-14(18-2)7-8-15(12)11-3-5-13(16)6-4-11/h3-9H,10H2,1-2H3. The molecule has 2 aromatic carbocycles. The molecule has 94 valence electrons. The minimum Gasteiger partial charge on any atom is -0.497 e. The molecule has 0 fully saturated rings. The number of benzene rings is 2. The van der Waals surface area contributed by atoms with Crippen molar-refractivity contribution in [3.05, 3.63) is 53.1 Å². The van der Waals surface area contributed by atoms with Gasteiger partial charge in [-0.3, -0.25) is 0 Å². The summed E-state index contributed by atoms with van der Waals surface area (Å²) in [6, 6.07) is 13.8. The first kappa shape index (κ1) is 12.9. The summed E-state index contributed by atoms with van der Waals surface area (Å²) in [5.41, 5.74) is 3.35. The normalized spacial score (nSPS) is 10.4. The summed E-state index contributed by atoms with van der Waals surface area (Å²) in [5.74, 6) is 0.833. The zero-order chi connectivity index (χ0) is 13.0. The maximum absolute atomic E-state index is 5.90. The Morgan fingerprint density at radius 3 is 2.33 bits per heavy atom. The first-order chi connectivity index (χ1) is 8.74. The van der Waals surface area contributed by atoms with E-state index in [1.54, 1.807) is 14.2 Å². The number of hydrogen-bond acceptors (Lipinski definition) is 2. The van der Waals surface area contributed by atoms with Gasteiger partial charge in [-0.1, -0.05) is 29.8 Å². The molecule has 0 saturated carbocycles. The topological polar surface area (TPSA) is 18.5 Å². The summed E-state index contributed by atoms with van der Waals surface area (Å²) in [6.07, 6.45) is 0. The smallest absolute Gasteiger partial charge is 0.119 e. The predicted molar refractivity (Wildman–Crippen MR) is 74.2 cm³/mol. The Balaban J connectivity index is 2.45. The molecule has 3 heteroatoms. The van der Waals surface area contributed by atoms with Crippen LogP contribution in [-0.2, 0) is 11.3 Å². The van der Waals surface area contributed by atoms with Gasteiger partial charge in [-0.2, -0.15) is 0 Å². The Kier molecular flexibility index (Phi) is 4.24. The summed E-state index contributed by atoms with van der Waals surface area (Å²) in [7, 11) is 3.35. The van der Waals surface area contributed by atoms with Gasteiger partial charge in [-0.15, -0.1) is 0 Å². The highest BCUT2D eigenvalue weighted by Crippen LogP contribution is 2.28. The van der Waals surface area contributed by atoms with Crippen molar-refractivity contribution in [3.63, 3.8) is 0 Å². The minimum atomic E-state index is 0.551. The van der Waals surface area contributed by atoms with Crippen LogP contribution in [0, 0.1) is 0 Å². The first-order valence-corrected chi connectivity index (χ1v) is 6.04. The van der Waals surface area contributed by atoms with E-state index in [1.165, 1.54) is 0 Å². The van der Waals surface area contributed by atoms with Gasteiger partial charge in [0.25, 0.3) is 0 Å². The lowest BCUT2D eigenvalue weighted by Gasteiger charge is -2.11. The maximum atomic E-state index is 5.90. The lowest BCUT2D eigenvalue weighted by Crippen LogP contribution is -1.94. The molecule has 0 aromatic heterocycles. The van der Waals surface area contributed by atoms with Gasteiger partial charge < -0.3 is 9.47 Å². The second kappa shape index (κ2) is 5.89. The van der Waals surface area contributed by atoms with Crippen LogP contribution in [0.15, 0.2) is 42.5 Å². The third-order valence-corrected chi connectivity index (χ3v) is 3.02. The Labute approximate surface area is 112 Å². The van der Waals surface area contributed by atoms with Gasteiger partial charge in [0, 0.05) is 12.1 Å². The molecule has 18 heavy (non-hydrogen) atoms. The monoisotopic (exact) mass is 262 g/mol. The summed E-state index contributed by atoms with van der Waals surface area (Å²) in [5, 5.41) is 0.737. The van der Waals surface area contributed by atoms with E-state index < -0.39 is 0 Å². The highest BCUT2D eigenvalue weighted by Gasteiger charge is 2.06. The lowest BCUT2D eigenvalue weighted by atomic mass is 10.00. The van der Waals surface area contributed by atoms with E-state index in [1.807, 2.05) is 42.5 Å². The highest BCUT2D eigenvalue weighted by atomic mass is 35.5. The summed E-state index contributed by atoms with van der Waals surface area (Å²) in [4.78, 5) is 0. The predicted octanol–water partition coefficient (Wildman–Crippen LogP) is 4.16. The molecule has 0 N–H and O–H groups in total. The zero-order valence-electron chi connectivity index (χ0n) is 10.4. The quantitative estimate of drug-likeness (QED) is 0.824. The molecule has 0 spiro atoms. The van der Waals surface area contributed by atoms with E-state index in [0.717, 1.165) is 27.5 Å². The third-order valence-electron chi connectivity index (χ3n) is 2.77. The van der Waals surface area contributed by atoms with Gasteiger partial charge in [0.1, 0.15) is 5.75 Å². The van der Waals surface area contributed by atoms with Crippen molar-refractivity contribution in [1.29, 1.82) is 0 Å². The zero-order valence-corrected chi connectivity index (χ0v) is 11.2. The van der Waals surface area contributed by atoms with Crippen LogP contribution < -0.4 is 4.74 Å². The molecule has 0 amide bonds. The molecule has 0 heterocycles. The second-order valence-corrected chi connectivity index (χ2v) is 4.40. The first-order valence-electron chi connectivity index (χ1n) is 5.66. The van der Waals surface area contributed by atoms with Crippen molar-refractivity contribution in [3.8, 4) is 16.9 Å². The van der Waals surface area contributed by atoms with E-state index in [9.17, 15) is 0 Å². The van der Waals surface area contributed by atoms with Gasteiger partial charge >= 0.3 is 0 Å². The summed E-state index contributed by atoms with van der Waals surface area (Å²) < 4.78 is 10.5. The lowest BCUT2D eigenvalue weighted by molar-refractivity contribution is 0.185. The molecule has 2 aromatic rings. The van der Waals surface area contributed by atoms with Crippen LogP contribution in [0.3, 0.4) is 0 Å². The molecule has 2 nitrogen and oxygen atoms in total. The van der Waals surface area contributed by atoms with Gasteiger partial charge in [0.15, 0.2) is 0 Å². The molecule has 0 saturated heterocycles. The number of methoxy groups -OCH3 is 2. The molecule has 0 atom stereocenters. The van der Waals surface area contributed by atoms with Crippen molar-refractivity contribution in [2.45, 2.75) is 6.61 Å². The van der Waals surface area contributed by atoms with Crippen LogP contribution in [0.1, 0.15) is 5.56 Å². The van der Waals surface area contributed by atoms with Crippen molar-refractivity contribution < 1.29 is 9.47 Å². The Bertz CT molecular complexity index is 521. The SMILES string of the molecule is COCc1cc(OC)ccc1-c1ccc(Cl)cc1. The second-order valence-electron chi connectivity index (χ2n) is 3.96. The molecular formula is C15H15ClO2. The fourth-order valence-corrected chi connectivity index (χ4v) is 2.01. The van der Waals surface area contributed by atoms with Crippen molar-refractivity contribution in [2.75, 3.05) is 14.2 Å². The molecular weight excluding hydrogens is 248 g/mol. The van der Waals surface area contributed by atoms with Gasteiger partial charge in [0.05, 0.1) is 13.7 Å². The Hall–Kier alpha value is -1.51. The number of hydrogen-bond donors (Lipinski definition) is 0. The highest BCUT2D eigenvalue weighted by molar-refractivity contribution is 6.30. The van der Waals surface area contributed by atoms with Crippen LogP contribution in [0.2, 0.25) is 5.02 Å². The van der Waals surface area contributed by atoms with Crippen molar-refractivity contribution >= 4 is 11.6 Å². The molecule has 0 radical (unpaired) electrons. The largest absolute Gasteiger partial charge is 0.497 e. The maximum Gasteiger partial charge on any atom is 0.119 e. The average molecular weight is 263 g/mol. The number of ether oxygens (including phenoxy) is 2. The summed E-state index contributed by atoms with van der Waals surface area (Å²) in [6.45, 7) is 0.551. The van der Waals surface area contributed by atoms with Crippen LogP contribution in [0.25, 0.3) is 11.1 Å². The van der Waals surface area contributed by atoms with Gasteiger partial charge in [-0.05, 0) is 41.0 Å². The van der Waals surface area contributed by atoms with E-state index in [2.05, 4.69) is 0 Å². The summed E-state index contributed by atoms with van der Waals surface area (Å²) >= 11 is 5.90. The van der Waals surface area contributed by atoms with Crippen LogP contribution >= 0.6 is 11.6 Å². The molecule has 0 aliphatic carbocycles. The van der Waals surface area contributed by atoms with Crippen LogP contribution in [0.5, 0.6) is 5.75 Å². The molecule has 0 aliphatic rings. The fraction of sp³-hybridized carbons (Fsp3) is 0.200. The van der Waals surface area contributed by atoms with E-state index in [0.29, 0.717) is 6.61 Å². The van der Waals surface area contributed by atoms with Crippen LogP contribution in [-0.4, -0.2) is 14.2 Å². The number of rotatable bonds is 4. The van der Waals surface area contributed by atoms with Gasteiger partial charge in [0.2, 0.25) is 0 Å². The molecule has 0 unspecified atom stereocenters. The molecule has 2 rings (SSSR count). The van der Waals surface area contributed by atoms with E-state index in [-0.39, 0.29) is 0 Å². The minimum absolute atomic E-state index is 0.551. The van der Waals surface area contributed by atoms with Gasteiger partial charge in [-0.25, -0.2) is 0 Å². The average Bonchev–Trinajstić information content (AvgIpc) is 2.40. The van der Waals surface area contributed by atoms with E-state index in [4.69, 9.17) is 21.1 Å². The fourth-order valence-electron chi connectivity index (χ4n) is 1.88. The Morgan fingerprint density at radius 2 is 1.72 bits per heavy atom. The van der Waals surface area contributed by atoms with Crippen molar-refractivity contribution in [1.82, 2.24) is 0 Å². The van der Waals surface area contributed by atoms with Crippen LogP contribution in [0.4, 0.5) is 0 Å². The Morgan fingerprint density at radius 1 is 1.00 bits per heavy atom. The third kappa shape index (κ3) is 2.84. The molecule has 0 bridgehead atoms. The van der Waals surface area contributed by atoms with Crippen molar-refractivity contribution in [2.24, 2.45) is 0 Å².